The average molecular weight is 225 g/mol. The minimum absolute atomic E-state index is 0.305. The van der Waals surface area contributed by atoms with Crippen LogP contribution in [0.5, 0.6) is 0 Å². The zero-order chi connectivity index (χ0) is 9.90. The first-order valence-corrected chi connectivity index (χ1v) is 5.97. The Morgan fingerprint density at radius 3 is 2.85 bits per heavy atom. The molecular formula is C7H9ClO4S. The van der Waals surface area contributed by atoms with Gasteiger partial charge in [-0.2, -0.15) is 0 Å². The van der Waals surface area contributed by atoms with Crippen LogP contribution in [0.15, 0.2) is 16.7 Å². The fraction of sp³-hybridized carbons (Fsp3) is 0.429. The van der Waals surface area contributed by atoms with Crippen molar-refractivity contribution in [3.8, 4) is 0 Å². The van der Waals surface area contributed by atoms with E-state index in [2.05, 4.69) is 0 Å². The van der Waals surface area contributed by atoms with E-state index < -0.39 is 9.05 Å². The summed E-state index contributed by atoms with van der Waals surface area (Å²) in [5.74, 6) is 0.0251. The van der Waals surface area contributed by atoms with E-state index in [9.17, 15) is 8.42 Å². The first kappa shape index (κ1) is 10.6. The fourth-order valence-corrected chi connectivity index (χ4v) is 1.80. The van der Waals surface area contributed by atoms with E-state index in [0.717, 1.165) is 0 Å². The molecule has 0 saturated carbocycles. The van der Waals surface area contributed by atoms with Crippen LogP contribution in [0.4, 0.5) is 0 Å². The number of furan rings is 1. The van der Waals surface area contributed by atoms with Crippen molar-refractivity contribution < 1.29 is 17.6 Å². The summed E-state index contributed by atoms with van der Waals surface area (Å²) in [4.78, 5) is 0. The molecule has 1 heterocycles. The van der Waals surface area contributed by atoms with Crippen molar-refractivity contribution >= 4 is 19.7 Å². The summed E-state index contributed by atoms with van der Waals surface area (Å²) in [5, 5.41) is 0. The molecule has 0 fully saturated rings. The Labute approximate surface area is 80.9 Å². The van der Waals surface area contributed by atoms with Gasteiger partial charge in [-0.05, 0) is 6.07 Å². The summed E-state index contributed by atoms with van der Waals surface area (Å²) in [5.41, 5.74) is 0.701. The largest absolute Gasteiger partial charge is 0.468 e. The maximum absolute atomic E-state index is 10.7. The summed E-state index contributed by atoms with van der Waals surface area (Å²) in [7, 11) is 3.02. The standard InChI is InChI=1S/C7H9ClO4S/c1-11-4-6-2-3-12-7(6)5-13(8,9)10/h2-3H,4-5H2,1H3. The van der Waals surface area contributed by atoms with E-state index in [0.29, 0.717) is 17.9 Å². The summed E-state index contributed by atoms with van der Waals surface area (Å²) in [6, 6.07) is 1.65. The summed E-state index contributed by atoms with van der Waals surface area (Å²) < 4.78 is 31.2. The lowest BCUT2D eigenvalue weighted by atomic mass is 10.3. The Kier molecular flexibility index (Phi) is 3.35. The molecule has 4 nitrogen and oxygen atoms in total. The zero-order valence-electron chi connectivity index (χ0n) is 6.99. The van der Waals surface area contributed by atoms with Gasteiger partial charge in [-0.1, -0.05) is 0 Å². The van der Waals surface area contributed by atoms with Crippen molar-refractivity contribution in [1.82, 2.24) is 0 Å². The Balaban J connectivity index is 2.82. The predicted octanol–water partition coefficient (Wildman–Crippen LogP) is 1.49. The Hall–Kier alpha value is -0.520. The topological polar surface area (TPSA) is 56.5 Å². The lowest BCUT2D eigenvalue weighted by molar-refractivity contribution is 0.183. The molecule has 13 heavy (non-hydrogen) atoms. The van der Waals surface area contributed by atoms with E-state index in [1.54, 1.807) is 6.07 Å². The van der Waals surface area contributed by atoms with Crippen LogP contribution in [0, 0.1) is 0 Å². The molecule has 1 aromatic rings. The SMILES string of the molecule is COCc1ccoc1CS(=O)(=O)Cl. The molecule has 0 unspecified atom stereocenters. The summed E-state index contributed by atoms with van der Waals surface area (Å²) in [6.07, 6.45) is 1.41. The normalized spacial score (nSPS) is 11.8. The van der Waals surface area contributed by atoms with Crippen LogP contribution in [0.25, 0.3) is 0 Å². The summed E-state index contributed by atoms with van der Waals surface area (Å²) >= 11 is 0. The van der Waals surface area contributed by atoms with Gasteiger partial charge in [0.1, 0.15) is 11.5 Å². The third kappa shape index (κ3) is 3.38. The number of ether oxygens (including phenoxy) is 1. The fourth-order valence-electron chi connectivity index (χ4n) is 0.934. The predicted molar refractivity (Wildman–Crippen MR) is 47.9 cm³/mol. The van der Waals surface area contributed by atoms with E-state index in [1.807, 2.05) is 0 Å². The highest BCUT2D eigenvalue weighted by molar-refractivity contribution is 8.13. The molecule has 0 aliphatic rings. The lowest BCUT2D eigenvalue weighted by Crippen LogP contribution is -1.97. The number of methoxy groups -OCH3 is 1. The molecule has 1 aromatic heterocycles. The second kappa shape index (κ2) is 4.13. The Morgan fingerprint density at radius 1 is 1.62 bits per heavy atom. The maximum Gasteiger partial charge on any atom is 0.239 e. The third-order valence-corrected chi connectivity index (χ3v) is 2.38. The molecule has 0 aliphatic heterocycles. The van der Waals surface area contributed by atoms with Crippen molar-refractivity contribution in [2.24, 2.45) is 0 Å². The first-order chi connectivity index (χ1) is 6.03. The molecule has 6 heteroatoms. The van der Waals surface area contributed by atoms with Gasteiger partial charge < -0.3 is 9.15 Å². The third-order valence-electron chi connectivity index (χ3n) is 1.44. The molecule has 0 bridgehead atoms. The molecule has 0 amide bonds. The molecule has 0 atom stereocenters. The van der Waals surface area contributed by atoms with Gasteiger partial charge in [0.15, 0.2) is 0 Å². The van der Waals surface area contributed by atoms with Crippen LogP contribution < -0.4 is 0 Å². The number of hydrogen-bond donors (Lipinski definition) is 0. The van der Waals surface area contributed by atoms with E-state index in [4.69, 9.17) is 19.8 Å². The molecule has 74 valence electrons. The Morgan fingerprint density at radius 2 is 2.31 bits per heavy atom. The van der Waals surface area contributed by atoms with Crippen LogP contribution in [0.2, 0.25) is 0 Å². The maximum atomic E-state index is 10.7. The lowest BCUT2D eigenvalue weighted by Gasteiger charge is -1.98. The van der Waals surface area contributed by atoms with Crippen LogP contribution in [-0.2, 0) is 26.1 Å². The molecular weight excluding hydrogens is 216 g/mol. The van der Waals surface area contributed by atoms with Gasteiger partial charge in [-0.25, -0.2) is 8.42 Å². The number of hydrogen-bond acceptors (Lipinski definition) is 4. The van der Waals surface area contributed by atoms with Crippen LogP contribution in [0.1, 0.15) is 11.3 Å². The van der Waals surface area contributed by atoms with Crippen LogP contribution in [0.3, 0.4) is 0 Å². The zero-order valence-corrected chi connectivity index (χ0v) is 8.56. The van der Waals surface area contributed by atoms with Gasteiger partial charge in [0.25, 0.3) is 0 Å². The Bertz CT molecular complexity index is 368. The van der Waals surface area contributed by atoms with Gasteiger partial charge in [-0.15, -0.1) is 0 Å². The van der Waals surface area contributed by atoms with Crippen molar-refractivity contribution in [1.29, 1.82) is 0 Å². The molecule has 0 aromatic carbocycles. The van der Waals surface area contributed by atoms with Gasteiger partial charge in [-0.3, -0.25) is 0 Å². The van der Waals surface area contributed by atoms with Crippen molar-refractivity contribution in [2.75, 3.05) is 7.11 Å². The number of halogens is 1. The molecule has 0 N–H and O–H groups in total. The minimum atomic E-state index is -3.56. The molecule has 1 rings (SSSR count). The van der Waals surface area contributed by atoms with Crippen LogP contribution >= 0.6 is 10.7 Å². The molecule has 0 radical (unpaired) electrons. The highest BCUT2D eigenvalue weighted by Crippen LogP contribution is 2.16. The van der Waals surface area contributed by atoms with Crippen molar-refractivity contribution in [2.45, 2.75) is 12.4 Å². The highest BCUT2D eigenvalue weighted by atomic mass is 35.7. The minimum Gasteiger partial charge on any atom is -0.468 e. The van der Waals surface area contributed by atoms with Crippen LogP contribution in [-0.4, -0.2) is 15.5 Å². The highest BCUT2D eigenvalue weighted by Gasteiger charge is 2.14. The smallest absolute Gasteiger partial charge is 0.239 e. The van der Waals surface area contributed by atoms with Gasteiger partial charge in [0.2, 0.25) is 9.05 Å². The molecule has 0 aliphatic carbocycles. The molecule has 0 spiro atoms. The van der Waals surface area contributed by atoms with Gasteiger partial charge >= 0.3 is 0 Å². The van der Waals surface area contributed by atoms with Gasteiger partial charge in [0, 0.05) is 23.4 Å². The first-order valence-electron chi connectivity index (χ1n) is 3.49. The van der Waals surface area contributed by atoms with Crippen molar-refractivity contribution in [3.05, 3.63) is 23.7 Å². The number of rotatable bonds is 4. The van der Waals surface area contributed by atoms with Gasteiger partial charge in [0.05, 0.1) is 12.9 Å². The second-order valence-electron chi connectivity index (χ2n) is 2.49. The molecule has 0 saturated heterocycles. The quantitative estimate of drug-likeness (QED) is 0.728. The van der Waals surface area contributed by atoms with E-state index in [1.165, 1.54) is 13.4 Å². The van der Waals surface area contributed by atoms with Crippen molar-refractivity contribution in [3.63, 3.8) is 0 Å². The second-order valence-corrected chi connectivity index (χ2v) is 5.26. The van der Waals surface area contributed by atoms with E-state index in [-0.39, 0.29) is 5.75 Å². The average Bonchev–Trinajstić information content (AvgIpc) is 2.34. The van der Waals surface area contributed by atoms with E-state index >= 15 is 0 Å². The summed E-state index contributed by atoms with van der Waals surface area (Å²) in [6.45, 7) is 0.318. The monoisotopic (exact) mass is 224 g/mol.